The molecule has 0 spiro atoms. The molecule has 1 heterocycles. The number of nitrogens with zero attached hydrogens (tertiary/aromatic N) is 3. The average molecular weight is 440 g/mol. The van der Waals surface area contributed by atoms with E-state index in [2.05, 4.69) is 55.8 Å². The molecule has 3 rings (SSSR count). The van der Waals surface area contributed by atoms with Crippen molar-refractivity contribution >= 4 is 17.3 Å². The van der Waals surface area contributed by atoms with Gasteiger partial charge in [0.15, 0.2) is 17.5 Å². The molecule has 1 fully saturated rings. The fourth-order valence-electron chi connectivity index (χ4n) is 3.87. The van der Waals surface area contributed by atoms with Gasteiger partial charge in [-0.05, 0) is 50.6 Å². The number of unbranched alkanes of at least 4 members (excludes halogenated alkanes) is 1. The Kier molecular flexibility index (Phi) is 9.50. The van der Waals surface area contributed by atoms with Crippen LogP contribution < -0.4 is 25.0 Å². The largest absolute Gasteiger partial charge is 0.493 e. The lowest BCUT2D eigenvalue weighted by atomic mass is 10.2. The van der Waals surface area contributed by atoms with Crippen LogP contribution in [-0.4, -0.2) is 70.9 Å². The number of hydrogen-bond donors (Lipinski definition) is 2. The molecule has 0 unspecified atom stereocenters. The molecule has 0 aliphatic carbocycles. The summed E-state index contributed by atoms with van der Waals surface area (Å²) in [4.78, 5) is 9.37. The lowest BCUT2D eigenvalue weighted by Gasteiger charge is -2.36. The van der Waals surface area contributed by atoms with Crippen molar-refractivity contribution in [2.24, 2.45) is 4.99 Å². The molecule has 0 amide bonds. The lowest BCUT2D eigenvalue weighted by Crippen LogP contribution is -2.46. The summed E-state index contributed by atoms with van der Waals surface area (Å²) in [5.41, 5.74) is 2.25. The Morgan fingerprint density at radius 2 is 1.78 bits per heavy atom. The zero-order chi connectivity index (χ0) is 22.6. The Balaban J connectivity index is 1.34. The Hall–Kier alpha value is -2.93. The van der Waals surface area contributed by atoms with Gasteiger partial charge in [0.05, 0.1) is 13.7 Å². The van der Waals surface area contributed by atoms with Crippen LogP contribution >= 0.6 is 0 Å². The molecular weight excluding hydrogens is 402 g/mol. The molecule has 1 saturated heterocycles. The lowest BCUT2D eigenvalue weighted by molar-refractivity contribution is 0.253. The number of rotatable bonds is 10. The molecule has 7 nitrogen and oxygen atoms in total. The van der Waals surface area contributed by atoms with E-state index in [1.807, 2.05) is 25.1 Å². The van der Waals surface area contributed by atoms with Crippen LogP contribution in [0.4, 0.5) is 11.4 Å². The van der Waals surface area contributed by atoms with Gasteiger partial charge in [-0.1, -0.05) is 18.2 Å². The smallest absolute Gasteiger partial charge is 0.195 e. The zero-order valence-electron chi connectivity index (χ0n) is 19.6. The molecule has 2 N–H and O–H groups in total. The summed E-state index contributed by atoms with van der Waals surface area (Å²) < 4.78 is 11.0. The molecule has 1 aliphatic heterocycles. The van der Waals surface area contributed by atoms with E-state index in [1.165, 1.54) is 12.1 Å². The number of methoxy groups -OCH3 is 1. The van der Waals surface area contributed by atoms with Gasteiger partial charge in [-0.2, -0.15) is 0 Å². The second kappa shape index (κ2) is 12.8. The summed E-state index contributed by atoms with van der Waals surface area (Å²) in [5.74, 6) is 2.21. The van der Waals surface area contributed by atoms with Crippen LogP contribution in [0.2, 0.25) is 0 Å². The highest BCUT2D eigenvalue weighted by molar-refractivity contribution is 5.93. The molecule has 0 saturated carbocycles. The van der Waals surface area contributed by atoms with Crippen molar-refractivity contribution < 1.29 is 9.47 Å². The summed E-state index contributed by atoms with van der Waals surface area (Å²) in [6, 6.07) is 16.5. The average Bonchev–Trinajstić information content (AvgIpc) is 2.85. The number of guanidine groups is 1. The molecular formula is C25H37N5O2. The maximum Gasteiger partial charge on any atom is 0.195 e. The van der Waals surface area contributed by atoms with Gasteiger partial charge in [-0.15, -0.1) is 0 Å². The van der Waals surface area contributed by atoms with E-state index in [4.69, 9.17) is 9.47 Å². The van der Waals surface area contributed by atoms with E-state index in [9.17, 15) is 0 Å². The van der Waals surface area contributed by atoms with Gasteiger partial charge in [0.25, 0.3) is 0 Å². The number of para-hydroxylation sites is 1. The van der Waals surface area contributed by atoms with Gasteiger partial charge in [0.2, 0.25) is 0 Å². The summed E-state index contributed by atoms with van der Waals surface area (Å²) in [6.07, 6.45) is 2.28. The third kappa shape index (κ3) is 7.05. The Morgan fingerprint density at radius 1 is 1.00 bits per heavy atom. The first kappa shape index (κ1) is 23.7. The van der Waals surface area contributed by atoms with E-state index in [1.54, 1.807) is 14.2 Å². The Morgan fingerprint density at radius 3 is 2.47 bits per heavy atom. The second-order valence-corrected chi connectivity index (χ2v) is 7.79. The van der Waals surface area contributed by atoms with Crippen LogP contribution in [0.5, 0.6) is 11.5 Å². The van der Waals surface area contributed by atoms with Crippen molar-refractivity contribution in [2.75, 3.05) is 70.2 Å². The number of aliphatic imine (C=N–C) groups is 1. The van der Waals surface area contributed by atoms with Crippen LogP contribution in [0, 0.1) is 0 Å². The van der Waals surface area contributed by atoms with Crippen LogP contribution in [0.15, 0.2) is 53.5 Å². The van der Waals surface area contributed by atoms with Crippen molar-refractivity contribution in [3.8, 4) is 11.5 Å². The number of nitrogens with one attached hydrogen (secondary N) is 2. The summed E-state index contributed by atoms with van der Waals surface area (Å²) in [7, 11) is 3.43. The van der Waals surface area contributed by atoms with Crippen LogP contribution in [0.25, 0.3) is 0 Å². The third-order valence-electron chi connectivity index (χ3n) is 5.64. The van der Waals surface area contributed by atoms with Crippen molar-refractivity contribution in [3.05, 3.63) is 48.5 Å². The third-order valence-corrected chi connectivity index (χ3v) is 5.64. The molecule has 1 aliphatic rings. The Labute approximate surface area is 192 Å². The van der Waals surface area contributed by atoms with E-state index < -0.39 is 0 Å². The highest BCUT2D eigenvalue weighted by atomic mass is 16.5. The number of anilines is 2. The highest BCUT2D eigenvalue weighted by Gasteiger charge is 2.16. The van der Waals surface area contributed by atoms with Crippen LogP contribution in [0.1, 0.15) is 19.8 Å². The predicted molar refractivity (Wildman–Crippen MR) is 133 cm³/mol. The number of hydrogen-bond acceptors (Lipinski definition) is 5. The number of benzene rings is 2. The standard InChI is InChI=1S/C25H37N5O2/c1-4-32-23-13-12-21(20-24(23)31-3)28-25(26-2)27-14-8-9-15-29-16-18-30(19-17-29)22-10-6-5-7-11-22/h5-7,10-13,20H,4,8-9,14-19H2,1-3H3,(H2,26,27,28). The van der Waals surface area contributed by atoms with Crippen molar-refractivity contribution in [1.29, 1.82) is 0 Å². The summed E-state index contributed by atoms with van der Waals surface area (Å²) in [6.45, 7) is 9.06. The number of piperazine rings is 1. The second-order valence-electron chi connectivity index (χ2n) is 7.79. The first-order valence-electron chi connectivity index (χ1n) is 11.5. The Bertz CT molecular complexity index is 835. The molecule has 0 bridgehead atoms. The first-order chi connectivity index (χ1) is 15.7. The van der Waals surface area contributed by atoms with Crippen LogP contribution in [-0.2, 0) is 0 Å². The number of ether oxygens (including phenoxy) is 2. The monoisotopic (exact) mass is 439 g/mol. The van der Waals surface area contributed by atoms with Crippen molar-refractivity contribution in [3.63, 3.8) is 0 Å². The summed E-state index contributed by atoms with van der Waals surface area (Å²) in [5, 5.41) is 6.72. The van der Waals surface area contributed by atoms with Gasteiger partial charge in [0, 0.05) is 57.2 Å². The van der Waals surface area contributed by atoms with E-state index in [-0.39, 0.29) is 0 Å². The fraction of sp³-hybridized carbons (Fsp3) is 0.480. The SMILES string of the molecule is CCOc1ccc(NC(=NC)NCCCCN2CCN(c3ccccc3)CC2)cc1OC. The van der Waals surface area contributed by atoms with Crippen molar-refractivity contribution in [2.45, 2.75) is 19.8 Å². The first-order valence-corrected chi connectivity index (χ1v) is 11.5. The minimum Gasteiger partial charge on any atom is -0.493 e. The van der Waals surface area contributed by atoms with E-state index in [0.29, 0.717) is 12.4 Å². The minimum absolute atomic E-state index is 0.606. The topological polar surface area (TPSA) is 61.4 Å². The van der Waals surface area contributed by atoms with Gasteiger partial charge < -0.3 is 25.0 Å². The molecule has 0 aromatic heterocycles. The molecule has 7 heteroatoms. The maximum absolute atomic E-state index is 5.58. The van der Waals surface area contributed by atoms with Gasteiger partial charge >= 0.3 is 0 Å². The molecule has 2 aromatic carbocycles. The predicted octanol–water partition coefficient (Wildman–Crippen LogP) is 3.68. The minimum atomic E-state index is 0.606. The fourth-order valence-corrected chi connectivity index (χ4v) is 3.87. The molecule has 2 aromatic rings. The molecule has 0 radical (unpaired) electrons. The van der Waals surface area contributed by atoms with Crippen LogP contribution in [0.3, 0.4) is 0 Å². The maximum atomic E-state index is 5.58. The highest BCUT2D eigenvalue weighted by Crippen LogP contribution is 2.30. The van der Waals surface area contributed by atoms with E-state index >= 15 is 0 Å². The molecule has 32 heavy (non-hydrogen) atoms. The normalized spacial score (nSPS) is 14.8. The van der Waals surface area contributed by atoms with E-state index in [0.717, 1.165) is 63.1 Å². The van der Waals surface area contributed by atoms with Gasteiger partial charge in [-0.3, -0.25) is 9.89 Å². The zero-order valence-corrected chi connectivity index (χ0v) is 19.6. The van der Waals surface area contributed by atoms with Crippen molar-refractivity contribution in [1.82, 2.24) is 10.2 Å². The summed E-state index contributed by atoms with van der Waals surface area (Å²) >= 11 is 0. The molecule has 174 valence electrons. The van der Waals surface area contributed by atoms with Gasteiger partial charge in [0.1, 0.15) is 0 Å². The molecule has 0 atom stereocenters. The van der Waals surface area contributed by atoms with Gasteiger partial charge in [-0.25, -0.2) is 0 Å². The quantitative estimate of drug-likeness (QED) is 0.335.